The first-order valence-electron chi connectivity index (χ1n) is 12.6. The van der Waals surface area contributed by atoms with Crippen LogP contribution in [0.5, 0.6) is 11.5 Å². The third kappa shape index (κ3) is 7.94. The third-order valence-electron chi connectivity index (χ3n) is 6.11. The normalized spacial score (nSPS) is 10.7. The number of nitrogens with one attached hydrogen (secondary N) is 1. The SMILES string of the molecule is COc1ccc(CCN(C)c2cc(C)nc(SCc3cccc(C(=O)NCc4ccccn4)c3)n2)cc1OC. The predicted octanol–water partition coefficient (Wildman–Crippen LogP) is 5.10. The fraction of sp³-hybridized carbons (Fsp3) is 0.267. The Morgan fingerprint density at radius 2 is 1.79 bits per heavy atom. The van der Waals surface area contributed by atoms with Gasteiger partial charge in [0.15, 0.2) is 16.7 Å². The summed E-state index contributed by atoms with van der Waals surface area (Å²) in [6, 6.07) is 21.3. The highest BCUT2D eigenvalue weighted by Crippen LogP contribution is 2.28. The molecule has 4 rings (SSSR count). The fourth-order valence-corrected chi connectivity index (χ4v) is 4.80. The topological polar surface area (TPSA) is 89.5 Å². The standard InChI is InChI=1S/C30H33N5O3S/c1-21-16-28(35(2)15-13-22-11-12-26(37-3)27(18-22)38-4)34-30(33-21)39-20-23-8-7-9-24(17-23)29(36)32-19-25-10-5-6-14-31-25/h5-12,14,16-18H,13,15,19-20H2,1-4H3,(H,32,36). The number of pyridine rings is 1. The number of likely N-dealkylation sites (N-methyl/N-ethyl adjacent to an activating group) is 1. The van der Waals surface area contributed by atoms with Gasteiger partial charge in [-0.3, -0.25) is 9.78 Å². The van der Waals surface area contributed by atoms with E-state index in [-0.39, 0.29) is 5.91 Å². The van der Waals surface area contributed by atoms with Crippen LogP contribution in [-0.4, -0.2) is 48.7 Å². The van der Waals surface area contributed by atoms with Gasteiger partial charge in [0.25, 0.3) is 5.91 Å². The minimum atomic E-state index is -0.127. The van der Waals surface area contributed by atoms with Crippen LogP contribution >= 0.6 is 11.8 Å². The molecule has 0 saturated carbocycles. The predicted molar refractivity (Wildman–Crippen MR) is 155 cm³/mol. The van der Waals surface area contributed by atoms with Crippen LogP contribution < -0.4 is 19.7 Å². The minimum absolute atomic E-state index is 0.127. The number of aryl methyl sites for hydroxylation is 1. The van der Waals surface area contributed by atoms with Crippen LogP contribution in [0.3, 0.4) is 0 Å². The van der Waals surface area contributed by atoms with Gasteiger partial charge in [0.2, 0.25) is 0 Å². The Bertz CT molecular complexity index is 1400. The van der Waals surface area contributed by atoms with Crippen molar-refractivity contribution in [2.75, 3.05) is 32.7 Å². The lowest BCUT2D eigenvalue weighted by Gasteiger charge is -2.19. The first kappa shape index (κ1) is 27.9. The number of methoxy groups -OCH3 is 2. The molecular formula is C30H33N5O3S. The van der Waals surface area contributed by atoms with Crippen molar-refractivity contribution >= 4 is 23.5 Å². The van der Waals surface area contributed by atoms with Crippen LogP contribution in [0.1, 0.15) is 32.9 Å². The smallest absolute Gasteiger partial charge is 0.251 e. The van der Waals surface area contributed by atoms with Crippen molar-refractivity contribution in [2.24, 2.45) is 0 Å². The molecule has 202 valence electrons. The highest BCUT2D eigenvalue weighted by Gasteiger charge is 2.11. The van der Waals surface area contributed by atoms with Gasteiger partial charge in [-0.1, -0.05) is 36.0 Å². The number of hydrogen-bond acceptors (Lipinski definition) is 8. The zero-order valence-electron chi connectivity index (χ0n) is 22.7. The van der Waals surface area contributed by atoms with Crippen LogP contribution in [0.4, 0.5) is 5.82 Å². The number of anilines is 1. The van der Waals surface area contributed by atoms with E-state index in [0.717, 1.165) is 52.8 Å². The largest absolute Gasteiger partial charge is 0.493 e. The Morgan fingerprint density at radius 1 is 0.949 bits per heavy atom. The van der Waals surface area contributed by atoms with E-state index in [1.54, 1.807) is 32.2 Å². The Kier molecular flexibility index (Phi) is 9.74. The summed E-state index contributed by atoms with van der Waals surface area (Å²) in [5.41, 5.74) is 4.52. The lowest BCUT2D eigenvalue weighted by atomic mass is 10.1. The highest BCUT2D eigenvalue weighted by atomic mass is 32.2. The van der Waals surface area contributed by atoms with Crippen LogP contribution in [0.15, 0.2) is 78.1 Å². The number of amides is 1. The summed E-state index contributed by atoms with van der Waals surface area (Å²) in [5.74, 6) is 2.84. The quantitative estimate of drug-likeness (QED) is 0.195. The van der Waals surface area contributed by atoms with Gasteiger partial charge < -0.3 is 19.7 Å². The summed E-state index contributed by atoms with van der Waals surface area (Å²) >= 11 is 1.55. The third-order valence-corrected chi connectivity index (χ3v) is 7.03. The van der Waals surface area contributed by atoms with E-state index < -0.39 is 0 Å². The molecule has 0 aliphatic carbocycles. The number of ether oxygens (including phenoxy) is 2. The summed E-state index contributed by atoms with van der Waals surface area (Å²) in [6.45, 7) is 3.15. The number of rotatable bonds is 12. The zero-order valence-corrected chi connectivity index (χ0v) is 23.5. The molecule has 2 aromatic heterocycles. The van der Waals surface area contributed by atoms with Crippen molar-refractivity contribution in [3.05, 3.63) is 101 Å². The van der Waals surface area contributed by atoms with E-state index in [0.29, 0.717) is 23.0 Å². The number of carbonyl (C=O) groups excluding carboxylic acids is 1. The van der Waals surface area contributed by atoms with Gasteiger partial charge in [0.1, 0.15) is 5.82 Å². The molecule has 2 heterocycles. The first-order valence-corrected chi connectivity index (χ1v) is 13.6. The maximum absolute atomic E-state index is 12.7. The molecule has 1 N–H and O–H groups in total. The maximum atomic E-state index is 12.7. The van der Waals surface area contributed by atoms with Crippen LogP contribution in [0, 0.1) is 6.92 Å². The van der Waals surface area contributed by atoms with Gasteiger partial charge in [-0.15, -0.1) is 0 Å². The fourth-order valence-electron chi connectivity index (χ4n) is 3.96. The van der Waals surface area contributed by atoms with Crippen molar-refractivity contribution in [2.45, 2.75) is 30.8 Å². The number of nitrogens with zero attached hydrogens (tertiary/aromatic N) is 4. The number of aromatic nitrogens is 3. The molecule has 0 aliphatic heterocycles. The average Bonchev–Trinajstić information content (AvgIpc) is 2.97. The Labute approximate surface area is 233 Å². The van der Waals surface area contributed by atoms with Gasteiger partial charge in [-0.2, -0.15) is 0 Å². The summed E-state index contributed by atoms with van der Waals surface area (Å²) in [6.07, 6.45) is 2.55. The van der Waals surface area contributed by atoms with Crippen molar-refractivity contribution in [1.82, 2.24) is 20.3 Å². The van der Waals surface area contributed by atoms with Crippen molar-refractivity contribution in [3.63, 3.8) is 0 Å². The van der Waals surface area contributed by atoms with Crippen molar-refractivity contribution < 1.29 is 14.3 Å². The van der Waals surface area contributed by atoms with Gasteiger partial charge >= 0.3 is 0 Å². The molecule has 2 aromatic carbocycles. The van der Waals surface area contributed by atoms with E-state index in [1.807, 2.05) is 74.6 Å². The van der Waals surface area contributed by atoms with Crippen molar-refractivity contribution in [3.8, 4) is 11.5 Å². The molecular weight excluding hydrogens is 510 g/mol. The lowest BCUT2D eigenvalue weighted by molar-refractivity contribution is 0.0950. The Morgan fingerprint density at radius 3 is 2.56 bits per heavy atom. The molecule has 0 aliphatic rings. The first-order chi connectivity index (χ1) is 18.9. The second kappa shape index (κ2) is 13.6. The number of benzene rings is 2. The Balaban J connectivity index is 1.35. The zero-order chi connectivity index (χ0) is 27.6. The number of hydrogen-bond donors (Lipinski definition) is 1. The van der Waals surface area contributed by atoms with Gasteiger partial charge in [-0.05, 0) is 60.9 Å². The average molecular weight is 544 g/mol. The van der Waals surface area contributed by atoms with Gasteiger partial charge in [0, 0.05) is 42.9 Å². The van der Waals surface area contributed by atoms with Crippen LogP contribution in [0.2, 0.25) is 0 Å². The van der Waals surface area contributed by atoms with E-state index >= 15 is 0 Å². The molecule has 0 saturated heterocycles. The van der Waals surface area contributed by atoms with Gasteiger partial charge in [0.05, 0.1) is 26.5 Å². The number of carbonyl (C=O) groups is 1. The second-order valence-electron chi connectivity index (χ2n) is 9.00. The summed E-state index contributed by atoms with van der Waals surface area (Å²) in [4.78, 5) is 28.4. The maximum Gasteiger partial charge on any atom is 0.251 e. The van der Waals surface area contributed by atoms with E-state index in [1.165, 1.54) is 0 Å². The van der Waals surface area contributed by atoms with E-state index in [4.69, 9.17) is 14.5 Å². The van der Waals surface area contributed by atoms with E-state index in [9.17, 15) is 4.79 Å². The molecule has 0 fully saturated rings. The summed E-state index contributed by atoms with van der Waals surface area (Å²) in [5, 5.41) is 3.63. The monoisotopic (exact) mass is 543 g/mol. The van der Waals surface area contributed by atoms with Crippen molar-refractivity contribution in [1.29, 1.82) is 0 Å². The van der Waals surface area contributed by atoms with Crippen LogP contribution in [-0.2, 0) is 18.7 Å². The molecule has 9 heteroatoms. The molecule has 0 atom stereocenters. The van der Waals surface area contributed by atoms with Gasteiger partial charge in [-0.25, -0.2) is 9.97 Å². The highest BCUT2D eigenvalue weighted by molar-refractivity contribution is 7.98. The molecule has 0 spiro atoms. The van der Waals surface area contributed by atoms with Crippen LogP contribution in [0.25, 0.3) is 0 Å². The lowest BCUT2D eigenvalue weighted by Crippen LogP contribution is -2.23. The second-order valence-corrected chi connectivity index (χ2v) is 9.95. The van der Waals surface area contributed by atoms with E-state index in [2.05, 4.69) is 26.3 Å². The molecule has 8 nitrogen and oxygen atoms in total. The minimum Gasteiger partial charge on any atom is -0.493 e. The molecule has 0 unspecified atom stereocenters. The molecule has 0 radical (unpaired) electrons. The molecule has 0 bridgehead atoms. The molecule has 1 amide bonds. The Hall–Kier alpha value is -4.11. The number of thioether (sulfide) groups is 1. The molecule has 4 aromatic rings. The summed E-state index contributed by atoms with van der Waals surface area (Å²) < 4.78 is 10.8. The molecule has 39 heavy (non-hydrogen) atoms. The summed E-state index contributed by atoms with van der Waals surface area (Å²) in [7, 11) is 5.31.